The molecule has 1 fully saturated rings. The predicted molar refractivity (Wildman–Crippen MR) is 127 cm³/mol. The maximum absolute atomic E-state index is 13.1. The Morgan fingerprint density at radius 2 is 2.00 bits per heavy atom. The van der Waals surface area contributed by atoms with Gasteiger partial charge in [-0.05, 0) is 49.1 Å². The maximum atomic E-state index is 13.1. The number of hydrogen-bond acceptors (Lipinski definition) is 5. The fourth-order valence-corrected chi connectivity index (χ4v) is 5.08. The SMILES string of the molecule is Cc1ncc2c(n1)CCN(Cc1ccc(C3CCCN3C(=O)c3cc(Cl)ccc3O)cc1)C2. The highest BCUT2D eigenvalue weighted by Gasteiger charge is 2.32. The zero-order valence-electron chi connectivity index (χ0n) is 18.7. The zero-order chi connectivity index (χ0) is 22.9. The van der Waals surface area contributed by atoms with Gasteiger partial charge in [-0.25, -0.2) is 9.97 Å². The van der Waals surface area contributed by atoms with Crippen LogP contribution in [0.3, 0.4) is 0 Å². The Morgan fingerprint density at radius 1 is 1.18 bits per heavy atom. The van der Waals surface area contributed by atoms with E-state index in [1.54, 1.807) is 12.1 Å². The van der Waals surface area contributed by atoms with Crippen LogP contribution in [-0.2, 0) is 19.5 Å². The molecule has 1 atom stereocenters. The molecule has 7 heteroatoms. The van der Waals surface area contributed by atoms with E-state index in [1.165, 1.54) is 22.9 Å². The molecule has 0 aliphatic carbocycles. The number of likely N-dealkylation sites (tertiary alicyclic amines) is 1. The standard InChI is InChI=1S/C26H27ClN4O2/c1-17-28-14-20-16-30(12-10-23(20)29-17)15-18-4-6-19(7-5-18)24-3-2-11-31(24)26(33)22-13-21(27)8-9-25(22)32/h4-9,13-14,24,32H,2-3,10-12,15-16H2,1H3. The van der Waals surface area contributed by atoms with Gasteiger partial charge >= 0.3 is 0 Å². The van der Waals surface area contributed by atoms with Gasteiger partial charge in [0, 0.05) is 55.1 Å². The summed E-state index contributed by atoms with van der Waals surface area (Å²) in [6.07, 6.45) is 4.76. The first-order chi connectivity index (χ1) is 16.0. The molecule has 0 bridgehead atoms. The van der Waals surface area contributed by atoms with Crippen molar-refractivity contribution in [2.75, 3.05) is 13.1 Å². The van der Waals surface area contributed by atoms with Gasteiger partial charge in [0.2, 0.25) is 0 Å². The van der Waals surface area contributed by atoms with Crippen LogP contribution in [0.4, 0.5) is 0 Å². The van der Waals surface area contributed by atoms with Crippen LogP contribution < -0.4 is 0 Å². The van der Waals surface area contributed by atoms with E-state index in [0.717, 1.165) is 50.3 Å². The third-order valence-corrected chi connectivity index (χ3v) is 6.84. The first-order valence-corrected chi connectivity index (χ1v) is 11.8. The fraction of sp³-hybridized carbons (Fsp3) is 0.346. The first-order valence-electron chi connectivity index (χ1n) is 11.4. The number of aromatic nitrogens is 2. The molecule has 0 saturated carbocycles. The van der Waals surface area contributed by atoms with Crippen molar-refractivity contribution in [1.82, 2.24) is 19.8 Å². The zero-order valence-corrected chi connectivity index (χ0v) is 19.4. The lowest BCUT2D eigenvalue weighted by atomic mass is 10.0. The Kier molecular flexibility index (Phi) is 6.04. The first kappa shape index (κ1) is 21.9. The lowest BCUT2D eigenvalue weighted by molar-refractivity contribution is 0.0732. The predicted octanol–water partition coefficient (Wildman–Crippen LogP) is 4.68. The normalized spacial score (nSPS) is 18.4. The largest absolute Gasteiger partial charge is 0.507 e. The van der Waals surface area contributed by atoms with Crippen LogP contribution in [0.2, 0.25) is 5.02 Å². The van der Waals surface area contributed by atoms with Gasteiger partial charge in [-0.15, -0.1) is 0 Å². The molecule has 6 nitrogen and oxygen atoms in total. The molecule has 1 aromatic heterocycles. The molecular formula is C26H27ClN4O2. The van der Waals surface area contributed by atoms with Crippen molar-refractivity contribution >= 4 is 17.5 Å². The quantitative estimate of drug-likeness (QED) is 0.609. The van der Waals surface area contributed by atoms with Crippen molar-refractivity contribution in [2.24, 2.45) is 0 Å². The number of fused-ring (bicyclic) bond motifs is 1. The molecule has 33 heavy (non-hydrogen) atoms. The summed E-state index contributed by atoms with van der Waals surface area (Å²) in [6, 6.07) is 13.2. The maximum Gasteiger partial charge on any atom is 0.258 e. The van der Waals surface area contributed by atoms with E-state index in [-0.39, 0.29) is 23.3 Å². The third-order valence-electron chi connectivity index (χ3n) is 6.61. The van der Waals surface area contributed by atoms with E-state index in [4.69, 9.17) is 11.6 Å². The van der Waals surface area contributed by atoms with Crippen molar-refractivity contribution in [3.63, 3.8) is 0 Å². The second-order valence-electron chi connectivity index (χ2n) is 8.91. The van der Waals surface area contributed by atoms with Gasteiger partial charge in [-0.1, -0.05) is 35.9 Å². The summed E-state index contributed by atoms with van der Waals surface area (Å²) in [4.78, 5) is 26.3. The second kappa shape index (κ2) is 9.12. The Hall–Kier alpha value is -2.96. The van der Waals surface area contributed by atoms with E-state index in [0.29, 0.717) is 11.6 Å². The number of phenolic OH excluding ortho intramolecular Hbond substituents is 1. The van der Waals surface area contributed by atoms with Crippen LogP contribution in [0.25, 0.3) is 0 Å². The van der Waals surface area contributed by atoms with E-state index in [1.807, 2.05) is 18.0 Å². The summed E-state index contributed by atoms with van der Waals surface area (Å²) in [5.74, 6) is 0.628. The van der Waals surface area contributed by atoms with Crippen LogP contribution in [0.5, 0.6) is 5.75 Å². The van der Waals surface area contributed by atoms with Gasteiger partial charge in [0.25, 0.3) is 5.91 Å². The Labute approximate surface area is 198 Å². The number of amides is 1. The second-order valence-corrected chi connectivity index (χ2v) is 9.35. The van der Waals surface area contributed by atoms with Crippen LogP contribution in [0.1, 0.15) is 57.5 Å². The molecule has 3 heterocycles. The lowest BCUT2D eigenvalue weighted by Crippen LogP contribution is -2.31. The van der Waals surface area contributed by atoms with Crippen molar-refractivity contribution in [3.05, 3.63) is 87.5 Å². The summed E-state index contributed by atoms with van der Waals surface area (Å²) in [5.41, 5.74) is 5.02. The Morgan fingerprint density at radius 3 is 2.82 bits per heavy atom. The van der Waals surface area contributed by atoms with Gasteiger partial charge in [-0.2, -0.15) is 0 Å². The van der Waals surface area contributed by atoms with Gasteiger partial charge in [-0.3, -0.25) is 9.69 Å². The van der Waals surface area contributed by atoms with Crippen molar-refractivity contribution in [2.45, 2.75) is 45.3 Å². The molecule has 0 radical (unpaired) electrons. The summed E-state index contributed by atoms with van der Waals surface area (Å²) in [7, 11) is 0. The number of carbonyl (C=O) groups excluding carboxylic acids is 1. The monoisotopic (exact) mass is 462 g/mol. The fourth-order valence-electron chi connectivity index (χ4n) is 4.90. The molecule has 170 valence electrons. The number of aromatic hydroxyl groups is 1. The van der Waals surface area contributed by atoms with Gasteiger partial charge in [0.1, 0.15) is 11.6 Å². The minimum Gasteiger partial charge on any atom is -0.507 e. The Balaban J connectivity index is 1.27. The molecule has 5 rings (SSSR count). The minimum absolute atomic E-state index is 0.00665. The number of hydrogen-bond donors (Lipinski definition) is 1. The molecule has 1 saturated heterocycles. The van der Waals surface area contributed by atoms with Crippen molar-refractivity contribution in [3.8, 4) is 5.75 Å². The van der Waals surface area contributed by atoms with E-state index in [9.17, 15) is 9.90 Å². The number of halogens is 1. The average molecular weight is 463 g/mol. The average Bonchev–Trinajstić information content (AvgIpc) is 3.31. The lowest BCUT2D eigenvalue weighted by Gasteiger charge is -2.28. The Bertz CT molecular complexity index is 1180. The molecule has 3 aromatic rings. The number of phenols is 1. The topological polar surface area (TPSA) is 69.6 Å². The van der Waals surface area contributed by atoms with Gasteiger partial charge in [0.15, 0.2) is 0 Å². The molecule has 1 N–H and O–H groups in total. The van der Waals surface area contributed by atoms with Crippen LogP contribution in [-0.4, -0.2) is 43.9 Å². The molecular weight excluding hydrogens is 436 g/mol. The molecule has 1 unspecified atom stereocenters. The van der Waals surface area contributed by atoms with Crippen LogP contribution in [0.15, 0.2) is 48.7 Å². The number of rotatable bonds is 4. The summed E-state index contributed by atoms with van der Waals surface area (Å²) in [5, 5.41) is 10.6. The van der Waals surface area contributed by atoms with E-state index >= 15 is 0 Å². The van der Waals surface area contributed by atoms with Crippen molar-refractivity contribution in [1.29, 1.82) is 0 Å². The highest BCUT2D eigenvalue weighted by atomic mass is 35.5. The summed E-state index contributed by atoms with van der Waals surface area (Å²) in [6.45, 7) is 5.33. The molecule has 2 aliphatic rings. The minimum atomic E-state index is -0.175. The summed E-state index contributed by atoms with van der Waals surface area (Å²) < 4.78 is 0. The third kappa shape index (κ3) is 4.59. The molecule has 2 aliphatic heterocycles. The number of benzene rings is 2. The van der Waals surface area contributed by atoms with Crippen LogP contribution in [0, 0.1) is 6.92 Å². The number of nitrogens with zero attached hydrogens (tertiary/aromatic N) is 4. The smallest absolute Gasteiger partial charge is 0.258 e. The van der Waals surface area contributed by atoms with E-state index in [2.05, 4.69) is 39.1 Å². The number of carbonyl (C=O) groups is 1. The summed E-state index contributed by atoms with van der Waals surface area (Å²) >= 11 is 6.06. The highest BCUT2D eigenvalue weighted by molar-refractivity contribution is 6.31. The van der Waals surface area contributed by atoms with Crippen molar-refractivity contribution < 1.29 is 9.90 Å². The molecule has 0 spiro atoms. The highest BCUT2D eigenvalue weighted by Crippen LogP contribution is 2.35. The van der Waals surface area contributed by atoms with E-state index < -0.39 is 0 Å². The molecule has 1 amide bonds. The van der Waals surface area contributed by atoms with Gasteiger partial charge in [0.05, 0.1) is 11.6 Å². The number of aryl methyl sites for hydroxylation is 1. The molecule has 2 aromatic carbocycles. The van der Waals surface area contributed by atoms with Crippen LogP contribution >= 0.6 is 11.6 Å². The van der Waals surface area contributed by atoms with Gasteiger partial charge < -0.3 is 10.0 Å².